The predicted octanol–water partition coefficient (Wildman–Crippen LogP) is 4.53. The first-order valence-electron chi connectivity index (χ1n) is 8.89. The van der Waals surface area contributed by atoms with Gasteiger partial charge in [-0.3, -0.25) is 9.78 Å². The van der Waals surface area contributed by atoms with E-state index in [9.17, 15) is 18.0 Å². The number of rotatable bonds is 2. The van der Waals surface area contributed by atoms with Crippen LogP contribution in [-0.2, 0) is 6.18 Å². The molecule has 2 aromatic heterocycles. The van der Waals surface area contributed by atoms with Crippen LogP contribution in [0.1, 0.15) is 56.1 Å². The Balaban J connectivity index is 1.62. The number of amides is 1. The second-order valence-electron chi connectivity index (χ2n) is 8.47. The van der Waals surface area contributed by atoms with Crippen LogP contribution in [0, 0.1) is 16.7 Å². The Bertz CT molecular complexity index is 886. The fourth-order valence-corrected chi connectivity index (χ4v) is 5.06. The van der Waals surface area contributed by atoms with Crippen LogP contribution in [0.5, 0.6) is 0 Å². The van der Waals surface area contributed by atoms with Crippen LogP contribution in [0.4, 0.5) is 13.2 Å². The molecule has 2 heterocycles. The zero-order valence-electron chi connectivity index (χ0n) is 15.0. The summed E-state index contributed by atoms with van der Waals surface area (Å²) >= 11 is 0. The standard InChI is InChI=1S/C19H22F3N3O/c1-17(2)10-4-5-18(17,3)15(6-10)25-16(26)13-7-11-12(19(20,21)22)8-23-9-14(11)24-13/h7-10,15,24H,4-6H2,1-3H3,(H,25,26). The molecular weight excluding hydrogens is 343 g/mol. The number of fused-ring (bicyclic) bond motifs is 3. The van der Waals surface area contributed by atoms with Gasteiger partial charge < -0.3 is 10.3 Å². The molecule has 140 valence electrons. The number of hydrogen-bond donors (Lipinski definition) is 2. The molecule has 4 rings (SSSR count). The van der Waals surface area contributed by atoms with Gasteiger partial charge in [-0.15, -0.1) is 0 Å². The van der Waals surface area contributed by atoms with E-state index in [1.54, 1.807) is 0 Å². The third kappa shape index (κ3) is 2.28. The number of aromatic nitrogens is 2. The van der Waals surface area contributed by atoms with Crippen molar-refractivity contribution in [2.75, 3.05) is 0 Å². The minimum Gasteiger partial charge on any atom is -0.349 e. The van der Waals surface area contributed by atoms with Gasteiger partial charge in [-0.05, 0) is 42.1 Å². The summed E-state index contributed by atoms with van der Waals surface area (Å²) in [6.45, 7) is 6.71. The Morgan fingerprint density at radius 3 is 2.62 bits per heavy atom. The van der Waals surface area contributed by atoms with Crippen molar-refractivity contribution in [3.05, 3.63) is 29.7 Å². The molecule has 7 heteroatoms. The maximum Gasteiger partial charge on any atom is 0.418 e. The lowest BCUT2D eigenvalue weighted by Gasteiger charge is -2.39. The monoisotopic (exact) mass is 365 g/mol. The van der Waals surface area contributed by atoms with Crippen molar-refractivity contribution < 1.29 is 18.0 Å². The average Bonchev–Trinajstić information content (AvgIpc) is 3.13. The summed E-state index contributed by atoms with van der Waals surface area (Å²) in [4.78, 5) is 19.1. The molecule has 2 aliphatic rings. The topological polar surface area (TPSA) is 57.8 Å². The summed E-state index contributed by atoms with van der Waals surface area (Å²) in [6, 6.07) is 1.31. The zero-order valence-corrected chi connectivity index (χ0v) is 15.0. The number of nitrogens with one attached hydrogen (secondary N) is 2. The van der Waals surface area contributed by atoms with Crippen LogP contribution in [0.15, 0.2) is 18.5 Å². The van der Waals surface area contributed by atoms with E-state index in [0.717, 1.165) is 19.0 Å². The van der Waals surface area contributed by atoms with E-state index >= 15 is 0 Å². The highest BCUT2D eigenvalue weighted by molar-refractivity contribution is 5.99. The third-order valence-electron chi connectivity index (χ3n) is 7.20. The van der Waals surface area contributed by atoms with Crippen LogP contribution < -0.4 is 5.32 Å². The van der Waals surface area contributed by atoms with Crippen LogP contribution in [0.3, 0.4) is 0 Å². The Morgan fingerprint density at radius 2 is 2.04 bits per heavy atom. The van der Waals surface area contributed by atoms with Gasteiger partial charge >= 0.3 is 6.18 Å². The summed E-state index contributed by atoms with van der Waals surface area (Å²) < 4.78 is 39.4. The van der Waals surface area contributed by atoms with Gasteiger partial charge in [0.05, 0.1) is 17.3 Å². The number of hydrogen-bond acceptors (Lipinski definition) is 2. The van der Waals surface area contributed by atoms with E-state index in [2.05, 4.69) is 36.1 Å². The summed E-state index contributed by atoms with van der Waals surface area (Å²) in [5.74, 6) is 0.213. The number of nitrogens with zero attached hydrogens (tertiary/aromatic N) is 1. The van der Waals surface area contributed by atoms with Crippen LogP contribution in [0.25, 0.3) is 10.9 Å². The SMILES string of the molecule is CC1(C)C2CCC1(C)C(NC(=O)c1cc3c(C(F)(F)F)cncc3[nH]1)C2. The molecule has 2 aliphatic carbocycles. The van der Waals surface area contributed by atoms with E-state index in [-0.39, 0.29) is 39.4 Å². The molecule has 3 unspecified atom stereocenters. The zero-order chi connectivity index (χ0) is 18.9. The lowest BCUT2D eigenvalue weighted by atomic mass is 9.69. The molecule has 4 nitrogen and oxygen atoms in total. The van der Waals surface area contributed by atoms with Crippen molar-refractivity contribution in [1.82, 2.24) is 15.3 Å². The normalized spacial score (nSPS) is 30.1. The van der Waals surface area contributed by atoms with E-state index in [1.165, 1.54) is 18.7 Å². The number of pyridine rings is 1. The van der Waals surface area contributed by atoms with Crippen molar-refractivity contribution in [3.8, 4) is 0 Å². The lowest BCUT2D eigenvalue weighted by molar-refractivity contribution is -0.136. The van der Waals surface area contributed by atoms with Crippen molar-refractivity contribution in [2.24, 2.45) is 16.7 Å². The minimum absolute atomic E-state index is 0.0119. The quantitative estimate of drug-likeness (QED) is 0.822. The molecule has 2 N–H and O–H groups in total. The fourth-order valence-electron chi connectivity index (χ4n) is 5.06. The van der Waals surface area contributed by atoms with Crippen LogP contribution >= 0.6 is 0 Å². The third-order valence-corrected chi connectivity index (χ3v) is 7.20. The molecule has 2 aromatic rings. The van der Waals surface area contributed by atoms with E-state index in [4.69, 9.17) is 0 Å². The Kier molecular flexibility index (Phi) is 3.50. The maximum absolute atomic E-state index is 13.1. The second kappa shape index (κ2) is 5.24. The highest BCUT2D eigenvalue weighted by Gasteiger charge is 2.61. The van der Waals surface area contributed by atoms with Gasteiger partial charge in [0, 0.05) is 17.6 Å². The average molecular weight is 365 g/mol. The number of carbonyl (C=O) groups is 1. The van der Waals surface area contributed by atoms with Gasteiger partial charge in [-0.2, -0.15) is 13.2 Å². The van der Waals surface area contributed by atoms with Crippen molar-refractivity contribution in [2.45, 2.75) is 52.3 Å². The number of alkyl halides is 3. The summed E-state index contributed by atoms with van der Waals surface area (Å²) in [5, 5.41) is 3.04. The van der Waals surface area contributed by atoms with E-state index in [0.29, 0.717) is 5.92 Å². The van der Waals surface area contributed by atoms with Crippen molar-refractivity contribution >= 4 is 16.8 Å². The molecule has 1 amide bonds. The largest absolute Gasteiger partial charge is 0.418 e. The fraction of sp³-hybridized carbons (Fsp3) is 0.579. The minimum atomic E-state index is -4.51. The number of carbonyl (C=O) groups excluding carboxylic acids is 1. The number of halogens is 3. The summed E-state index contributed by atoms with van der Waals surface area (Å²) in [5.41, 5.74) is -0.318. The van der Waals surface area contributed by atoms with Gasteiger partial charge in [-0.1, -0.05) is 20.8 Å². The van der Waals surface area contributed by atoms with Crippen molar-refractivity contribution in [3.63, 3.8) is 0 Å². The van der Waals surface area contributed by atoms with E-state index < -0.39 is 11.7 Å². The molecular formula is C19H22F3N3O. The molecule has 0 aliphatic heterocycles. The number of H-pyrrole nitrogens is 1. The molecule has 2 saturated carbocycles. The Labute approximate surface area is 149 Å². The first kappa shape index (κ1) is 17.4. The molecule has 0 radical (unpaired) electrons. The molecule has 3 atom stereocenters. The van der Waals surface area contributed by atoms with Gasteiger partial charge in [0.1, 0.15) is 5.69 Å². The molecule has 2 fully saturated rings. The molecule has 0 saturated heterocycles. The van der Waals surface area contributed by atoms with Crippen LogP contribution in [-0.4, -0.2) is 21.9 Å². The first-order chi connectivity index (χ1) is 12.0. The summed E-state index contributed by atoms with van der Waals surface area (Å²) in [6.07, 6.45) is 0.739. The highest BCUT2D eigenvalue weighted by Crippen LogP contribution is 2.65. The lowest BCUT2D eigenvalue weighted by Crippen LogP contribution is -2.46. The van der Waals surface area contributed by atoms with E-state index in [1.807, 2.05) is 0 Å². The summed E-state index contributed by atoms with van der Waals surface area (Å²) in [7, 11) is 0. The predicted molar refractivity (Wildman–Crippen MR) is 91.6 cm³/mol. The molecule has 26 heavy (non-hydrogen) atoms. The number of aromatic amines is 1. The Morgan fingerprint density at radius 1 is 1.31 bits per heavy atom. The van der Waals surface area contributed by atoms with Gasteiger partial charge in [0.25, 0.3) is 5.91 Å². The van der Waals surface area contributed by atoms with Gasteiger partial charge in [0.15, 0.2) is 0 Å². The maximum atomic E-state index is 13.1. The van der Waals surface area contributed by atoms with Crippen molar-refractivity contribution in [1.29, 1.82) is 0 Å². The Hall–Kier alpha value is -2.05. The molecule has 0 aromatic carbocycles. The highest BCUT2D eigenvalue weighted by atomic mass is 19.4. The van der Waals surface area contributed by atoms with Gasteiger partial charge in [-0.25, -0.2) is 0 Å². The molecule has 0 spiro atoms. The second-order valence-corrected chi connectivity index (χ2v) is 8.47. The van der Waals surface area contributed by atoms with Gasteiger partial charge in [0.2, 0.25) is 0 Å². The molecule has 2 bridgehead atoms. The smallest absolute Gasteiger partial charge is 0.349 e. The first-order valence-corrected chi connectivity index (χ1v) is 8.89. The van der Waals surface area contributed by atoms with Crippen LogP contribution in [0.2, 0.25) is 0 Å².